The Balaban J connectivity index is 1.55. The third kappa shape index (κ3) is 3.99. The topological polar surface area (TPSA) is 103 Å². The SMILES string of the molecule is N#Cc1ccsc1NC(=O)CN1CCN(c2ccccc2[N+](=O)[O-])CC1. The molecule has 26 heavy (non-hydrogen) atoms. The molecule has 1 aromatic heterocycles. The van der Waals surface area contributed by atoms with Gasteiger partial charge in [0.25, 0.3) is 5.69 Å². The first-order chi connectivity index (χ1) is 12.6. The van der Waals surface area contributed by atoms with E-state index in [0.717, 1.165) is 0 Å². The Morgan fingerprint density at radius 3 is 2.69 bits per heavy atom. The Kier molecular flexibility index (Phi) is 5.46. The Hall–Kier alpha value is -2.96. The van der Waals surface area contributed by atoms with E-state index in [2.05, 4.69) is 5.32 Å². The number of nitriles is 1. The van der Waals surface area contributed by atoms with E-state index >= 15 is 0 Å². The molecule has 1 aromatic carbocycles. The van der Waals surface area contributed by atoms with Crippen molar-refractivity contribution in [1.82, 2.24) is 4.90 Å². The van der Waals surface area contributed by atoms with Crippen LogP contribution in [0.2, 0.25) is 0 Å². The van der Waals surface area contributed by atoms with Crippen LogP contribution in [0.5, 0.6) is 0 Å². The largest absolute Gasteiger partial charge is 0.363 e. The number of benzene rings is 1. The van der Waals surface area contributed by atoms with Crippen LogP contribution in [0.3, 0.4) is 0 Å². The third-order valence-electron chi connectivity index (χ3n) is 4.20. The standard InChI is InChI=1S/C17H17N5O3S/c18-11-13-5-10-26-17(13)19-16(23)12-20-6-8-21(9-7-20)14-3-1-2-4-15(14)22(24)25/h1-5,10H,6-9,12H2,(H,19,23). The fraction of sp³-hybridized carbons (Fsp3) is 0.294. The summed E-state index contributed by atoms with van der Waals surface area (Å²) in [4.78, 5) is 27.0. The molecular weight excluding hydrogens is 354 g/mol. The lowest BCUT2D eigenvalue weighted by Gasteiger charge is -2.35. The van der Waals surface area contributed by atoms with Crippen LogP contribution < -0.4 is 10.2 Å². The smallest absolute Gasteiger partial charge is 0.292 e. The van der Waals surface area contributed by atoms with Crippen molar-refractivity contribution >= 4 is 33.6 Å². The maximum Gasteiger partial charge on any atom is 0.292 e. The average molecular weight is 371 g/mol. The first kappa shape index (κ1) is 17.8. The van der Waals surface area contributed by atoms with Crippen molar-refractivity contribution in [3.63, 3.8) is 0 Å². The van der Waals surface area contributed by atoms with Gasteiger partial charge in [-0.15, -0.1) is 11.3 Å². The molecule has 1 amide bonds. The normalized spacial score (nSPS) is 14.7. The van der Waals surface area contributed by atoms with Gasteiger partial charge in [0, 0.05) is 32.2 Å². The lowest BCUT2D eigenvalue weighted by molar-refractivity contribution is -0.384. The minimum atomic E-state index is -0.372. The van der Waals surface area contributed by atoms with E-state index in [1.165, 1.54) is 17.4 Å². The molecule has 2 heterocycles. The van der Waals surface area contributed by atoms with E-state index in [-0.39, 0.29) is 23.1 Å². The molecule has 0 radical (unpaired) electrons. The molecule has 1 fully saturated rings. The lowest BCUT2D eigenvalue weighted by Crippen LogP contribution is -2.48. The second-order valence-corrected chi connectivity index (χ2v) is 6.75. The number of nitrogens with one attached hydrogen (secondary N) is 1. The number of para-hydroxylation sites is 2. The summed E-state index contributed by atoms with van der Waals surface area (Å²) in [6.45, 7) is 2.72. The van der Waals surface area contributed by atoms with Crippen molar-refractivity contribution in [2.75, 3.05) is 42.9 Å². The highest BCUT2D eigenvalue weighted by molar-refractivity contribution is 7.14. The molecule has 1 aliphatic heterocycles. The average Bonchev–Trinajstić information content (AvgIpc) is 3.09. The molecule has 0 aliphatic carbocycles. The number of hydrogen-bond donors (Lipinski definition) is 1. The summed E-state index contributed by atoms with van der Waals surface area (Å²) in [5.41, 5.74) is 1.17. The van der Waals surface area contributed by atoms with Crippen LogP contribution in [0.25, 0.3) is 0 Å². The van der Waals surface area contributed by atoms with Crippen molar-refractivity contribution in [1.29, 1.82) is 5.26 Å². The zero-order valence-electron chi connectivity index (χ0n) is 13.9. The van der Waals surface area contributed by atoms with Gasteiger partial charge < -0.3 is 10.2 Å². The molecule has 1 aliphatic rings. The van der Waals surface area contributed by atoms with Gasteiger partial charge in [-0.1, -0.05) is 12.1 Å². The predicted molar refractivity (Wildman–Crippen MR) is 99.4 cm³/mol. The number of nitro groups is 1. The molecule has 9 heteroatoms. The summed E-state index contributed by atoms with van der Waals surface area (Å²) in [6.07, 6.45) is 0. The quantitative estimate of drug-likeness (QED) is 0.639. The molecule has 1 saturated heterocycles. The van der Waals surface area contributed by atoms with Gasteiger partial charge in [-0.05, 0) is 17.5 Å². The maximum atomic E-state index is 12.2. The van der Waals surface area contributed by atoms with E-state index in [1.54, 1.807) is 29.6 Å². The van der Waals surface area contributed by atoms with Crippen molar-refractivity contribution in [3.8, 4) is 6.07 Å². The van der Waals surface area contributed by atoms with Crippen LogP contribution in [0.4, 0.5) is 16.4 Å². The van der Waals surface area contributed by atoms with Gasteiger partial charge in [0.05, 0.1) is 17.0 Å². The van der Waals surface area contributed by atoms with Gasteiger partial charge in [-0.25, -0.2) is 0 Å². The molecule has 134 valence electrons. The first-order valence-electron chi connectivity index (χ1n) is 8.06. The summed E-state index contributed by atoms with van der Waals surface area (Å²) in [6, 6.07) is 10.4. The van der Waals surface area contributed by atoms with Crippen LogP contribution in [-0.2, 0) is 4.79 Å². The number of hydrogen-bond acceptors (Lipinski definition) is 7. The monoisotopic (exact) mass is 371 g/mol. The highest BCUT2D eigenvalue weighted by Gasteiger charge is 2.24. The Morgan fingerprint density at radius 2 is 2.00 bits per heavy atom. The summed E-state index contributed by atoms with van der Waals surface area (Å²) in [5.74, 6) is -0.164. The van der Waals surface area contributed by atoms with Crippen LogP contribution in [0.1, 0.15) is 5.56 Å². The Labute approximate surface area is 154 Å². The highest BCUT2D eigenvalue weighted by atomic mass is 32.1. The van der Waals surface area contributed by atoms with Crippen LogP contribution in [0.15, 0.2) is 35.7 Å². The van der Waals surface area contributed by atoms with Gasteiger partial charge >= 0.3 is 0 Å². The summed E-state index contributed by atoms with van der Waals surface area (Å²) in [5, 5.41) is 25.3. The maximum absolute atomic E-state index is 12.2. The van der Waals surface area contributed by atoms with Crippen LogP contribution in [-0.4, -0.2) is 48.5 Å². The van der Waals surface area contributed by atoms with Crippen LogP contribution in [0, 0.1) is 21.4 Å². The van der Waals surface area contributed by atoms with Gasteiger partial charge in [0.2, 0.25) is 5.91 Å². The van der Waals surface area contributed by atoms with Gasteiger partial charge in [0.1, 0.15) is 16.8 Å². The van der Waals surface area contributed by atoms with Gasteiger partial charge in [-0.3, -0.25) is 19.8 Å². The number of piperazine rings is 1. The Morgan fingerprint density at radius 1 is 1.27 bits per heavy atom. The van der Waals surface area contributed by atoms with Crippen LogP contribution >= 0.6 is 11.3 Å². The first-order valence-corrected chi connectivity index (χ1v) is 8.94. The molecule has 1 N–H and O–H groups in total. The summed E-state index contributed by atoms with van der Waals surface area (Å²) >= 11 is 1.32. The van der Waals surface area contributed by atoms with E-state index in [4.69, 9.17) is 5.26 Å². The fourth-order valence-electron chi connectivity index (χ4n) is 2.90. The molecular formula is C17H17N5O3S. The number of nitrogens with zero attached hydrogens (tertiary/aromatic N) is 4. The van der Waals surface area contributed by atoms with Crippen molar-refractivity contribution in [3.05, 3.63) is 51.4 Å². The highest BCUT2D eigenvalue weighted by Crippen LogP contribution is 2.28. The minimum absolute atomic E-state index is 0.0976. The fourth-order valence-corrected chi connectivity index (χ4v) is 3.65. The lowest BCUT2D eigenvalue weighted by atomic mass is 10.2. The molecule has 3 rings (SSSR count). The molecule has 0 atom stereocenters. The van der Waals surface area contributed by atoms with Gasteiger partial charge in [0.15, 0.2) is 0 Å². The van der Waals surface area contributed by atoms with Crippen molar-refractivity contribution < 1.29 is 9.72 Å². The van der Waals surface area contributed by atoms with E-state index < -0.39 is 0 Å². The number of amides is 1. The Bertz CT molecular complexity index is 852. The summed E-state index contributed by atoms with van der Waals surface area (Å²) < 4.78 is 0. The van der Waals surface area contributed by atoms with E-state index in [9.17, 15) is 14.9 Å². The summed E-state index contributed by atoms with van der Waals surface area (Å²) in [7, 11) is 0. The molecule has 0 spiro atoms. The molecule has 0 saturated carbocycles. The number of carbonyl (C=O) groups excluding carboxylic acids is 1. The van der Waals surface area contributed by atoms with E-state index in [0.29, 0.717) is 42.4 Å². The third-order valence-corrected chi connectivity index (χ3v) is 5.03. The second kappa shape index (κ2) is 7.95. The minimum Gasteiger partial charge on any atom is -0.363 e. The predicted octanol–water partition coefficient (Wildman–Crippen LogP) is 2.29. The number of rotatable bonds is 5. The molecule has 0 unspecified atom stereocenters. The van der Waals surface area contributed by atoms with E-state index in [1.807, 2.05) is 15.9 Å². The van der Waals surface area contributed by atoms with Crippen molar-refractivity contribution in [2.24, 2.45) is 0 Å². The molecule has 8 nitrogen and oxygen atoms in total. The number of carbonyl (C=O) groups is 1. The number of nitro benzene ring substituents is 1. The second-order valence-electron chi connectivity index (χ2n) is 5.83. The molecule has 0 bridgehead atoms. The van der Waals surface area contributed by atoms with Crippen molar-refractivity contribution in [2.45, 2.75) is 0 Å². The zero-order chi connectivity index (χ0) is 18.5. The van der Waals surface area contributed by atoms with Gasteiger partial charge in [-0.2, -0.15) is 5.26 Å². The molecule has 2 aromatic rings. The number of thiophene rings is 1. The zero-order valence-corrected chi connectivity index (χ0v) is 14.7. The number of anilines is 2.